The minimum absolute atomic E-state index is 0.134. The number of sulfone groups is 1. The number of fused-ring (bicyclic) bond motifs is 1. The van der Waals surface area contributed by atoms with Crippen LogP contribution in [0.2, 0.25) is 0 Å². The zero-order chi connectivity index (χ0) is 20.8. The van der Waals surface area contributed by atoms with Gasteiger partial charge < -0.3 is 5.32 Å². The summed E-state index contributed by atoms with van der Waals surface area (Å²) in [7, 11) is -3.45. The van der Waals surface area contributed by atoms with Crippen LogP contribution in [0, 0.1) is 0 Å². The number of benzene rings is 2. The van der Waals surface area contributed by atoms with Crippen LogP contribution in [-0.4, -0.2) is 29.4 Å². The summed E-state index contributed by atoms with van der Waals surface area (Å²) in [6.07, 6.45) is -0.256. The van der Waals surface area contributed by atoms with Gasteiger partial charge in [-0.3, -0.25) is 0 Å². The molecule has 150 valence electrons. The van der Waals surface area contributed by atoms with Crippen LogP contribution in [0.1, 0.15) is 5.56 Å². The van der Waals surface area contributed by atoms with E-state index in [0.717, 1.165) is 18.4 Å². The van der Waals surface area contributed by atoms with Crippen LogP contribution in [0.4, 0.5) is 24.0 Å². The monoisotopic (exact) mass is 438 g/mol. The fourth-order valence-electron chi connectivity index (χ4n) is 2.76. The van der Waals surface area contributed by atoms with Gasteiger partial charge in [0.05, 0.1) is 44.4 Å². The Morgan fingerprint density at radius 2 is 1.90 bits per heavy atom. The summed E-state index contributed by atoms with van der Waals surface area (Å²) >= 11 is 1.20. The molecule has 0 spiro atoms. The van der Waals surface area contributed by atoms with E-state index >= 15 is 0 Å². The van der Waals surface area contributed by atoms with Crippen molar-refractivity contribution in [2.45, 2.75) is 11.1 Å². The lowest BCUT2D eigenvalue weighted by Crippen LogP contribution is -2.05. The Bertz CT molecular complexity index is 1310. The molecule has 4 rings (SSSR count). The Morgan fingerprint density at radius 1 is 1.14 bits per heavy atom. The smallest absolute Gasteiger partial charge is 0.329 e. The number of nitrogens with one attached hydrogen (secondary N) is 1. The fourth-order valence-corrected chi connectivity index (χ4v) is 4.49. The molecule has 1 N–H and O–H groups in total. The Kier molecular flexibility index (Phi) is 4.58. The molecule has 0 aliphatic heterocycles. The molecule has 2 aromatic carbocycles. The molecule has 0 bridgehead atoms. The van der Waals surface area contributed by atoms with Gasteiger partial charge in [0.2, 0.25) is 0 Å². The zero-order valence-electron chi connectivity index (χ0n) is 14.8. The Balaban J connectivity index is 1.64. The fraction of sp³-hybridized carbons (Fsp3) is 0.111. The normalized spacial score (nSPS) is 12.4. The van der Waals surface area contributed by atoms with Crippen molar-refractivity contribution in [2.24, 2.45) is 0 Å². The molecule has 0 unspecified atom stereocenters. The largest absolute Gasteiger partial charge is 0.416 e. The number of rotatable bonds is 4. The van der Waals surface area contributed by atoms with E-state index < -0.39 is 21.6 Å². The van der Waals surface area contributed by atoms with Crippen molar-refractivity contribution in [1.82, 2.24) is 14.8 Å². The number of anilines is 2. The molecule has 0 aliphatic carbocycles. The second kappa shape index (κ2) is 6.85. The van der Waals surface area contributed by atoms with E-state index in [1.54, 1.807) is 24.4 Å². The first-order valence-corrected chi connectivity index (χ1v) is 10.9. The molecule has 2 heterocycles. The third-order valence-electron chi connectivity index (χ3n) is 4.06. The zero-order valence-corrected chi connectivity index (χ0v) is 16.4. The molecule has 0 amide bonds. The second-order valence-corrected chi connectivity index (χ2v) is 9.25. The third-order valence-corrected chi connectivity index (χ3v) is 6.16. The summed E-state index contributed by atoms with van der Waals surface area (Å²) in [5.41, 5.74) is 0.389. The molecule has 11 heteroatoms. The average molecular weight is 438 g/mol. The van der Waals surface area contributed by atoms with Gasteiger partial charge in [-0.1, -0.05) is 23.5 Å². The van der Waals surface area contributed by atoms with E-state index in [1.807, 2.05) is 0 Å². The van der Waals surface area contributed by atoms with E-state index in [9.17, 15) is 21.6 Å². The summed E-state index contributed by atoms with van der Waals surface area (Å²) in [5.74, 6) is 0. The van der Waals surface area contributed by atoms with Crippen molar-refractivity contribution in [3.8, 4) is 5.69 Å². The molecule has 0 fully saturated rings. The first-order chi connectivity index (χ1) is 13.6. The van der Waals surface area contributed by atoms with E-state index in [4.69, 9.17) is 0 Å². The lowest BCUT2D eigenvalue weighted by atomic mass is 10.2. The number of alkyl halides is 3. The summed E-state index contributed by atoms with van der Waals surface area (Å²) in [6, 6.07) is 9.85. The van der Waals surface area contributed by atoms with E-state index in [2.05, 4.69) is 15.4 Å². The molecular formula is C18H13F3N4O2S2. The molecule has 0 radical (unpaired) electrons. The lowest BCUT2D eigenvalue weighted by Gasteiger charge is -2.07. The quantitative estimate of drug-likeness (QED) is 0.502. The topological polar surface area (TPSA) is 76.9 Å². The Morgan fingerprint density at radius 3 is 2.62 bits per heavy atom. The Labute approximate surface area is 167 Å². The van der Waals surface area contributed by atoms with Crippen molar-refractivity contribution < 1.29 is 21.6 Å². The lowest BCUT2D eigenvalue weighted by molar-refractivity contribution is -0.137. The van der Waals surface area contributed by atoms with Crippen molar-refractivity contribution >= 4 is 42.2 Å². The van der Waals surface area contributed by atoms with Crippen molar-refractivity contribution in [2.75, 3.05) is 11.6 Å². The van der Waals surface area contributed by atoms with Crippen LogP contribution in [0.5, 0.6) is 0 Å². The van der Waals surface area contributed by atoms with Gasteiger partial charge in [0.1, 0.15) is 0 Å². The average Bonchev–Trinajstić information content (AvgIpc) is 3.26. The summed E-state index contributed by atoms with van der Waals surface area (Å²) < 4.78 is 64.5. The molecule has 6 nitrogen and oxygen atoms in total. The highest BCUT2D eigenvalue weighted by atomic mass is 32.2. The van der Waals surface area contributed by atoms with E-state index in [-0.39, 0.29) is 10.4 Å². The van der Waals surface area contributed by atoms with Crippen molar-refractivity contribution in [3.05, 3.63) is 60.4 Å². The molecule has 29 heavy (non-hydrogen) atoms. The van der Waals surface area contributed by atoms with Gasteiger partial charge in [-0.15, -0.1) is 0 Å². The van der Waals surface area contributed by atoms with Gasteiger partial charge in [-0.2, -0.15) is 18.3 Å². The first kappa shape index (κ1) is 19.4. The number of para-hydroxylation sites is 1. The van der Waals surface area contributed by atoms with E-state index in [0.29, 0.717) is 21.2 Å². The van der Waals surface area contributed by atoms with Gasteiger partial charge in [0.15, 0.2) is 15.0 Å². The van der Waals surface area contributed by atoms with Gasteiger partial charge in [-0.25, -0.2) is 18.1 Å². The Hall–Kier alpha value is -2.92. The molecule has 0 saturated carbocycles. The number of halogens is 3. The third kappa shape index (κ3) is 3.96. The highest BCUT2D eigenvalue weighted by molar-refractivity contribution is 7.90. The van der Waals surface area contributed by atoms with Crippen molar-refractivity contribution in [3.63, 3.8) is 0 Å². The summed E-state index contributed by atoms with van der Waals surface area (Å²) in [6.45, 7) is 0. The van der Waals surface area contributed by atoms with E-state index in [1.165, 1.54) is 34.3 Å². The van der Waals surface area contributed by atoms with Gasteiger partial charge in [0, 0.05) is 6.26 Å². The molecule has 0 aliphatic rings. The van der Waals surface area contributed by atoms with Crippen LogP contribution in [0.15, 0.2) is 59.8 Å². The maximum absolute atomic E-state index is 12.9. The minimum atomic E-state index is -4.43. The van der Waals surface area contributed by atoms with Gasteiger partial charge in [-0.05, 0) is 30.3 Å². The molecule has 4 aromatic rings. The minimum Gasteiger partial charge on any atom is -0.329 e. The van der Waals surface area contributed by atoms with Crippen LogP contribution >= 0.6 is 11.3 Å². The number of nitrogens with zero attached hydrogens (tertiary/aromatic N) is 3. The number of hydrogen-bond donors (Lipinski definition) is 1. The standard InChI is InChI=1S/C18H13F3N4O2S2/c1-29(26,27)16-5-3-2-4-14(16)25-10-12(9-22-25)23-17-24-13-8-11(18(19,20)21)6-7-15(13)28-17/h2-10H,1H3,(H,23,24). The maximum atomic E-state index is 12.9. The van der Waals surface area contributed by atoms with Crippen LogP contribution in [-0.2, 0) is 16.0 Å². The highest BCUT2D eigenvalue weighted by Crippen LogP contribution is 2.34. The summed E-state index contributed by atoms with van der Waals surface area (Å²) in [4.78, 5) is 4.33. The van der Waals surface area contributed by atoms with Crippen LogP contribution < -0.4 is 5.32 Å². The molecule has 0 saturated heterocycles. The van der Waals surface area contributed by atoms with Crippen LogP contribution in [0.25, 0.3) is 15.9 Å². The first-order valence-electron chi connectivity index (χ1n) is 8.20. The number of hydrogen-bond acceptors (Lipinski definition) is 6. The summed E-state index contributed by atoms with van der Waals surface area (Å²) in [5, 5.41) is 7.57. The maximum Gasteiger partial charge on any atom is 0.416 e. The number of thiazole rings is 1. The SMILES string of the molecule is CS(=O)(=O)c1ccccc1-n1cc(Nc2nc3cc(C(F)(F)F)ccc3s2)cn1. The van der Waals surface area contributed by atoms with Gasteiger partial charge in [0.25, 0.3) is 0 Å². The molecular weight excluding hydrogens is 425 g/mol. The highest BCUT2D eigenvalue weighted by Gasteiger charge is 2.30. The molecule has 0 atom stereocenters. The van der Waals surface area contributed by atoms with Crippen LogP contribution in [0.3, 0.4) is 0 Å². The number of aromatic nitrogens is 3. The predicted octanol–water partition coefficient (Wildman–Crippen LogP) is 4.65. The second-order valence-electron chi connectivity index (χ2n) is 6.24. The van der Waals surface area contributed by atoms with Gasteiger partial charge >= 0.3 is 6.18 Å². The van der Waals surface area contributed by atoms with Crippen molar-refractivity contribution in [1.29, 1.82) is 0 Å². The predicted molar refractivity (Wildman–Crippen MR) is 105 cm³/mol. The molecule has 2 aromatic heterocycles.